The fourth-order valence-corrected chi connectivity index (χ4v) is 7.15. The predicted octanol–water partition coefficient (Wildman–Crippen LogP) is 4.66. The van der Waals surface area contributed by atoms with Gasteiger partial charge in [-0.05, 0) is 75.0 Å². The summed E-state index contributed by atoms with van der Waals surface area (Å²) in [5.41, 5.74) is 0.876. The predicted molar refractivity (Wildman–Crippen MR) is 195 cm³/mol. The van der Waals surface area contributed by atoms with Gasteiger partial charge in [0.25, 0.3) is 0 Å². The minimum atomic E-state index is -1.03. The summed E-state index contributed by atoms with van der Waals surface area (Å²) in [5.74, 6) is -0.601. The summed E-state index contributed by atoms with van der Waals surface area (Å²) >= 11 is 0. The van der Waals surface area contributed by atoms with Gasteiger partial charge in [0.2, 0.25) is 23.5 Å². The maximum atomic E-state index is 14.5. The lowest BCUT2D eigenvalue weighted by molar-refractivity contribution is -0.141. The molecule has 3 atom stereocenters. The number of benzene rings is 2. The third-order valence-corrected chi connectivity index (χ3v) is 10.3. The van der Waals surface area contributed by atoms with Crippen molar-refractivity contribution < 1.29 is 23.9 Å². The van der Waals surface area contributed by atoms with E-state index in [-0.39, 0.29) is 30.9 Å². The number of nitrogens with zero attached hydrogens (tertiary/aromatic N) is 5. The molecule has 2 heterocycles. The van der Waals surface area contributed by atoms with E-state index in [0.717, 1.165) is 56.1 Å². The summed E-state index contributed by atoms with van der Waals surface area (Å²) in [4.78, 5) is 58.0. The van der Waals surface area contributed by atoms with E-state index >= 15 is 0 Å². The Hall–Kier alpha value is -5.07. The lowest BCUT2D eigenvalue weighted by Crippen LogP contribution is -2.57. The number of alkyl carbamates (subject to hydrolysis) is 1. The molecule has 1 aromatic heterocycles. The molecule has 2 aromatic carbocycles. The Morgan fingerprint density at radius 1 is 0.981 bits per heavy atom. The standard InChI is InChI=1S/C39H50N8O5/c1-2-3-4-5-12-21-32(41-38(51)52-31-19-13-14-20-31)36(49)46-27-30(47-44-34(43-45-47)29-17-10-7-11-18-29)26-33(46)35(48)42-39(23-24-39)37(50)40-25-22-28-15-8-6-9-16-28/h2,6-11,15-18,30-33H,1,3-5,12-14,19-27H2,(H,40,50)(H,41,51)(H,42,48)/t30-,32+,33+/m1/s1. The van der Waals surface area contributed by atoms with Gasteiger partial charge in [0.15, 0.2) is 0 Å². The lowest BCUT2D eigenvalue weighted by atomic mass is 10.0. The summed E-state index contributed by atoms with van der Waals surface area (Å²) in [6.45, 7) is 4.36. The molecule has 1 aliphatic heterocycles. The number of amides is 4. The lowest BCUT2D eigenvalue weighted by Gasteiger charge is -2.30. The number of allylic oxidation sites excluding steroid dienone is 1. The van der Waals surface area contributed by atoms with E-state index < -0.39 is 35.7 Å². The monoisotopic (exact) mass is 710 g/mol. The Labute approximate surface area is 304 Å². The van der Waals surface area contributed by atoms with Crippen molar-refractivity contribution in [2.75, 3.05) is 13.1 Å². The molecule has 1 saturated heterocycles. The largest absolute Gasteiger partial charge is 0.446 e. The first kappa shape index (κ1) is 36.7. The number of nitrogens with one attached hydrogen (secondary N) is 3. The third-order valence-electron chi connectivity index (χ3n) is 10.3. The molecular formula is C39H50N8O5. The van der Waals surface area contributed by atoms with Gasteiger partial charge in [0.1, 0.15) is 23.7 Å². The molecule has 2 aliphatic carbocycles. The van der Waals surface area contributed by atoms with Crippen LogP contribution < -0.4 is 16.0 Å². The highest BCUT2D eigenvalue weighted by atomic mass is 16.6. The van der Waals surface area contributed by atoms with Crippen LogP contribution in [0.2, 0.25) is 0 Å². The molecule has 13 heteroatoms. The minimum absolute atomic E-state index is 0.129. The molecule has 0 radical (unpaired) electrons. The fourth-order valence-electron chi connectivity index (χ4n) is 7.15. The van der Waals surface area contributed by atoms with Crippen LogP contribution in [-0.2, 0) is 25.5 Å². The van der Waals surface area contributed by atoms with Crippen molar-refractivity contribution in [1.82, 2.24) is 41.1 Å². The summed E-state index contributed by atoms with van der Waals surface area (Å²) < 4.78 is 5.68. The minimum Gasteiger partial charge on any atom is -0.446 e. The first-order valence-electron chi connectivity index (χ1n) is 18.7. The van der Waals surface area contributed by atoms with E-state index in [1.807, 2.05) is 66.7 Å². The van der Waals surface area contributed by atoms with Crippen molar-refractivity contribution in [3.63, 3.8) is 0 Å². The number of carbonyl (C=O) groups is 4. The van der Waals surface area contributed by atoms with Crippen LogP contribution in [0.25, 0.3) is 11.4 Å². The summed E-state index contributed by atoms with van der Waals surface area (Å²) in [6.07, 6.45) is 10.3. The second kappa shape index (κ2) is 17.4. The molecule has 4 amide bonds. The number of tetrazole rings is 1. The van der Waals surface area contributed by atoms with Crippen LogP contribution in [0.15, 0.2) is 73.3 Å². The number of rotatable bonds is 17. The molecule has 3 fully saturated rings. The van der Waals surface area contributed by atoms with E-state index in [2.05, 4.69) is 37.9 Å². The van der Waals surface area contributed by atoms with Crippen molar-refractivity contribution in [3.8, 4) is 11.4 Å². The summed E-state index contributed by atoms with van der Waals surface area (Å²) in [7, 11) is 0. The van der Waals surface area contributed by atoms with Crippen molar-refractivity contribution in [2.45, 2.75) is 113 Å². The maximum absolute atomic E-state index is 14.5. The average molecular weight is 711 g/mol. The zero-order valence-corrected chi connectivity index (χ0v) is 29.8. The summed E-state index contributed by atoms with van der Waals surface area (Å²) in [5, 5.41) is 22.0. The van der Waals surface area contributed by atoms with Gasteiger partial charge in [0, 0.05) is 25.1 Å². The molecule has 6 rings (SSSR count). The van der Waals surface area contributed by atoms with Gasteiger partial charge >= 0.3 is 6.09 Å². The van der Waals surface area contributed by atoms with Gasteiger partial charge in [-0.25, -0.2) is 4.79 Å². The number of likely N-dealkylation sites (tertiary alicyclic amines) is 1. The molecule has 3 aromatic rings. The van der Waals surface area contributed by atoms with Gasteiger partial charge < -0.3 is 25.6 Å². The van der Waals surface area contributed by atoms with Crippen LogP contribution >= 0.6 is 0 Å². The number of unbranched alkanes of at least 4 members (excludes halogenated alkanes) is 3. The quantitative estimate of drug-likeness (QED) is 0.135. The Balaban J connectivity index is 1.18. The molecule has 0 spiro atoms. The van der Waals surface area contributed by atoms with Gasteiger partial charge in [-0.2, -0.15) is 4.80 Å². The fraction of sp³-hybridized carbons (Fsp3) is 0.513. The average Bonchev–Trinajstić information content (AvgIpc) is 3.53. The van der Waals surface area contributed by atoms with Gasteiger partial charge in [-0.3, -0.25) is 14.4 Å². The van der Waals surface area contributed by atoms with Crippen LogP contribution in [-0.4, -0.2) is 85.7 Å². The van der Waals surface area contributed by atoms with E-state index in [4.69, 9.17) is 4.74 Å². The molecule has 2 saturated carbocycles. The van der Waals surface area contributed by atoms with Crippen LogP contribution in [0.1, 0.15) is 88.7 Å². The van der Waals surface area contributed by atoms with E-state index in [0.29, 0.717) is 44.5 Å². The van der Waals surface area contributed by atoms with Crippen LogP contribution in [0.5, 0.6) is 0 Å². The van der Waals surface area contributed by atoms with Gasteiger partial charge in [-0.15, -0.1) is 16.8 Å². The van der Waals surface area contributed by atoms with Crippen molar-refractivity contribution in [2.24, 2.45) is 0 Å². The highest BCUT2D eigenvalue weighted by Crippen LogP contribution is 2.37. The maximum Gasteiger partial charge on any atom is 0.408 e. The van der Waals surface area contributed by atoms with E-state index in [1.54, 1.807) is 0 Å². The normalized spacial score (nSPS) is 19.8. The summed E-state index contributed by atoms with van der Waals surface area (Å²) in [6, 6.07) is 17.1. The zero-order valence-electron chi connectivity index (χ0n) is 29.8. The van der Waals surface area contributed by atoms with E-state index in [9.17, 15) is 19.2 Å². The van der Waals surface area contributed by atoms with Crippen LogP contribution in [0.3, 0.4) is 0 Å². The molecular weight excluding hydrogens is 660 g/mol. The second-order valence-corrected chi connectivity index (χ2v) is 14.2. The SMILES string of the molecule is C=CCCCCC[C@H](NC(=O)OC1CCCC1)C(=O)N1C[C@H](n2nnc(-c3ccccc3)n2)C[C@H]1C(=O)NC1(C(=O)NCCc2ccccc2)CC1. The van der Waals surface area contributed by atoms with Crippen LogP contribution in [0.4, 0.5) is 4.79 Å². The highest BCUT2D eigenvalue weighted by Gasteiger charge is 2.53. The Morgan fingerprint density at radius 2 is 1.71 bits per heavy atom. The second-order valence-electron chi connectivity index (χ2n) is 14.2. The Bertz CT molecular complexity index is 1670. The number of hydrogen-bond donors (Lipinski definition) is 3. The molecule has 0 bridgehead atoms. The van der Waals surface area contributed by atoms with Gasteiger partial charge in [-0.1, -0.05) is 79.6 Å². The first-order valence-corrected chi connectivity index (χ1v) is 18.7. The Morgan fingerprint density at radius 3 is 2.42 bits per heavy atom. The topological polar surface area (TPSA) is 160 Å². The molecule has 3 N–H and O–H groups in total. The number of ether oxygens (including phenoxy) is 1. The van der Waals surface area contributed by atoms with Crippen molar-refractivity contribution in [3.05, 3.63) is 78.9 Å². The molecule has 276 valence electrons. The Kier molecular flexibility index (Phi) is 12.3. The van der Waals surface area contributed by atoms with Crippen LogP contribution in [0, 0.1) is 0 Å². The molecule has 3 aliphatic rings. The van der Waals surface area contributed by atoms with Gasteiger partial charge in [0.05, 0.1) is 6.04 Å². The third kappa shape index (κ3) is 9.42. The zero-order chi connectivity index (χ0) is 36.3. The molecule has 0 unspecified atom stereocenters. The molecule has 13 nitrogen and oxygen atoms in total. The smallest absolute Gasteiger partial charge is 0.408 e. The van der Waals surface area contributed by atoms with Crippen molar-refractivity contribution >= 4 is 23.8 Å². The van der Waals surface area contributed by atoms with E-state index in [1.165, 1.54) is 9.70 Å². The highest BCUT2D eigenvalue weighted by molar-refractivity contribution is 5.97. The number of hydrogen-bond acceptors (Lipinski definition) is 8. The number of aromatic nitrogens is 4. The first-order chi connectivity index (χ1) is 25.3. The van der Waals surface area contributed by atoms with Crippen molar-refractivity contribution in [1.29, 1.82) is 0 Å². The number of carbonyl (C=O) groups excluding carboxylic acids is 4. The molecule has 52 heavy (non-hydrogen) atoms.